The van der Waals surface area contributed by atoms with Crippen molar-refractivity contribution in [1.29, 1.82) is 0 Å². The van der Waals surface area contributed by atoms with E-state index in [9.17, 15) is 14.7 Å². The quantitative estimate of drug-likeness (QED) is 0.243. The predicted molar refractivity (Wildman–Crippen MR) is 132 cm³/mol. The number of aliphatic hydroxyl groups is 1. The van der Waals surface area contributed by atoms with Crippen LogP contribution in [0, 0.1) is 0 Å². The maximum Gasteiger partial charge on any atom is 0.295 e. The first kappa shape index (κ1) is 23.8. The first-order valence-electron chi connectivity index (χ1n) is 11.2. The van der Waals surface area contributed by atoms with Crippen molar-refractivity contribution in [3.8, 4) is 5.75 Å². The summed E-state index contributed by atoms with van der Waals surface area (Å²) in [5.41, 5.74) is 1.31. The Labute approximate surface area is 206 Å². The maximum atomic E-state index is 13.1. The van der Waals surface area contributed by atoms with Crippen LogP contribution in [0.4, 0.5) is 0 Å². The van der Waals surface area contributed by atoms with E-state index in [0.717, 1.165) is 16.5 Å². The Morgan fingerprint density at radius 2 is 1.82 bits per heavy atom. The second kappa shape index (κ2) is 10.7. The molecule has 0 bridgehead atoms. The fourth-order valence-electron chi connectivity index (χ4n) is 4.03. The molecule has 1 aromatic heterocycles. The Kier molecular flexibility index (Phi) is 7.47. The number of rotatable bonds is 9. The average Bonchev–Trinajstić information content (AvgIpc) is 3.45. The van der Waals surface area contributed by atoms with Crippen molar-refractivity contribution in [2.45, 2.75) is 32.4 Å². The van der Waals surface area contributed by atoms with Gasteiger partial charge in [-0.1, -0.05) is 35.0 Å². The number of hydrogen-bond donors (Lipinski definition) is 1. The molecule has 1 saturated heterocycles. The molecule has 34 heavy (non-hydrogen) atoms. The summed E-state index contributed by atoms with van der Waals surface area (Å²) < 4.78 is 8.42. The highest BCUT2D eigenvalue weighted by atomic mass is 79.9. The Balaban J connectivity index is 1.67. The number of halogens is 1. The smallest absolute Gasteiger partial charge is 0.295 e. The van der Waals surface area contributed by atoms with Gasteiger partial charge >= 0.3 is 0 Å². The Bertz CT molecular complexity index is 1170. The zero-order valence-corrected chi connectivity index (χ0v) is 20.4. The molecule has 2 aromatic carbocycles. The van der Waals surface area contributed by atoms with E-state index in [4.69, 9.17) is 4.74 Å². The molecule has 1 aliphatic heterocycles. The third-order valence-electron chi connectivity index (χ3n) is 5.70. The topological polar surface area (TPSA) is 84.7 Å². The lowest BCUT2D eigenvalue weighted by atomic mass is 9.95. The maximum absolute atomic E-state index is 13.1. The van der Waals surface area contributed by atoms with Gasteiger partial charge in [-0.3, -0.25) is 9.59 Å². The number of hydrogen-bond acceptors (Lipinski definition) is 5. The lowest BCUT2D eigenvalue weighted by Gasteiger charge is -2.25. The molecule has 1 fully saturated rings. The van der Waals surface area contributed by atoms with Crippen LogP contribution in [0.25, 0.3) is 5.76 Å². The molecule has 8 heteroatoms. The van der Waals surface area contributed by atoms with E-state index in [1.54, 1.807) is 41.7 Å². The molecule has 2 heterocycles. The zero-order valence-electron chi connectivity index (χ0n) is 18.9. The minimum absolute atomic E-state index is 0.0946. The van der Waals surface area contributed by atoms with Crippen LogP contribution in [0.15, 0.2) is 77.3 Å². The fraction of sp³-hybridized carbons (Fsp3) is 0.269. The van der Waals surface area contributed by atoms with Gasteiger partial charge < -0.3 is 19.3 Å². The standard InChI is InChI=1S/C26H26BrN3O4/c1-2-16-34-21-10-6-19(7-11-21)24(31)22-23(18-4-8-20(27)9-5-18)30(26(33)25(22)32)14-3-13-29-15-12-28-17-29/h4-12,15,17,23,31H,2-3,13-14,16H2,1H3/t23-/m0/s1. The molecular formula is C26H26BrN3O4. The Morgan fingerprint density at radius 3 is 2.47 bits per heavy atom. The van der Waals surface area contributed by atoms with Gasteiger partial charge in [0, 0.05) is 35.5 Å². The van der Waals surface area contributed by atoms with Crippen LogP contribution in [0.3, 0.4) is 0 Å². The average molecular weight is 524 g/mol. The van der Waals surface area contributed by atoms with Crippen molar-refractivity contribution in [1.82, 2.24) is 14.5 Å². The Morgan fingerprint density at radius 1 is 1.09 bits per heavy atom. The van der Waals surface area contributed by atoms with Crippen molar-refractivity contribution in [2.24, 2.45) is 0 Å². The monoisotopic (exact) mass is 523 g/mol. The minimum atomic E-state index is -0.681. The van der Waals surface area contributed by atoms with Gasteiger partial charge in [-0.25, -0.2) is 4.98 Å². The molecule has 1 aliphatic rings. The number of ether oxygens (including phenoxy) is 1. The van der Waals surface area contributed by atoms with Crippen LogP contribution < -0.4 is 4.74 Å². The summed E-state index contributed by atoms with van der Waals surface area (Å²) in [5.74, 6) is -0.796. The largest absolute Gasteiger partial charge is 0.507 e. The molecule has 0 unspecified atom stereocenters. The molecule has 0 saturated carbocycles. The molecular weight excluding hydrogens is 498 g/mol. The number of aromatic nitrogens is 2. The molecule has 1 amide bonds. The summed E-state index contributed by atoms with van der Waals surface area (Å²) in [5, 5.41) is 11.2. The van der Waals surface area contributed by atoms with Crippen LogP contribution in [0.5, 0.6) is 5.75 Å². The highest BCUT2D eigenvalue weighted by Crippen LogP contribution is 2.40. The van der Waals surface area contributed by atoms with Crippen LogP contribution in [-0.4, -0.2) is 44.4 Å². The molecule has 176 valence electrons. The molecule has 7 nitrogen and oxygen atoms in total. The SMILES string of the molecule is CCCOc1ccc(C(O)=C2C(=O)C(=O)N(CCCn3ccnc3)[C@H]2c2ccc(Br)cc2)cc1. The van der Waals surface area contributed by atoms with E-state index in [1.165, 1.54) is 0 Å². The highest BCUT2D eigenvalue weighted by molar-refractivity contribution is 9.10. The molecule has 1 atom stereocenters. The second-order valence-electron chi connectivity index (χ2n) is 8.07. The van der Waals surface area contributed by atoms with Crippen LogP contribution in [0.2, 0.25) is 0 Å². The first-order chi connectivity index (χ1) is 16.5. The summed E-state index contributed by atoms with van der Waals surface area (Å²) in [6, 6.07) is 13.7. The summed E-state index contributed by atoms with van der Waals surface area (Å²) in [6.07, 6.45) is 6.80. The van der Waals surface area contributed by atoms with Crippen molar-refractivity contribution in [3.63, 3.8) is 0 Å². The normalized spacial score (nSPS) is 17.4. The number of nitrogens with zero attached hydrogens (tertiary/aromatic N) is 3. The summed E-state index contributed by atoms with van der Waals surface area (Å²) in [4.78, 5) is 31.8. The van der Waals surface area contributed by atoms with Gasteiger partial charge in [0.25, 0.3) is 11.7 Å². The fourth-order valence-corrected chi connectivity index (χ4v) is 4.29. The number of aryl methyl sites for hydroxylation is 1. The number of carbonyl (C=O) groups is 2. The number of aliphatic hydroxyl groups excluding tert-OH is 1. The lowest BCUT2D eigenvalue weighted by Crippen LogP contribution is -2.31. The number of carbonyl (C=O) groups excluding carboxylic acids is 2. The van der Waals surface area contributed by atoms with Gasteiger partial charge in [0.2, 0.25) is 0 Å². The van der Waals surface area contributed by atoms with Crippen LogP contribution in [-0.2, 0) is 16.1 Å². The lowest BCUT2D eigenvalue weighted by molar-refractivity contribution is -0.139. The van der Waals surface area contributed by atoms with E-state index < -0.39 is 17.7 Å². The number of ketones is 1. The zero-order chi connectivity index (χ0) is 24.1. The van der Waals surface area contributed by atoms with Gasteiger partial charge in [-0.05, 0) is 54.8 Å². The summed E-state index contributed by atoms with van der Waals surface area (Å²) >= 11 is 3.43. The van der Waals surface area contributed by atoms with E-state index in [0.29, 0.717) is 37.4 Å². The summed E-state index contributed by atoms with van der Waals surface area (Å²) in [6.45, 7) is 3.65. The molecule has 3 aromatic rings. The highest BCUT2D eigenvalue weighted by Gasteiger charge is 2.45. The number of benzene rings is 2. The molecule has 0 spiro atoms. The van der Waals surface area contributed by atoms with E-state index >= 15 is 0 Å². The van der Waals surface area contributed by atoms with Gasteiger partial charge in [-0.15, -0.1) is 0 Å². The van der Waals surface area contributed by atoms with Gasteiger partial charge in [-0.2, -0.15) is 0 Å². The van der Waals surface area contributed by atoms with Gasteiger partial charge in [0.15, 0.2) is 0 Å². The molecule has 4 rings (SSSR count). The number of amides is 1. The summed E-state index contributed by atoms with van der Waals surface area (Å²) in [7, 11) is 0. The predicted octanol–water partition coefficient (Wildman–Crippen LogP) is 4.95. The van der Waals surface area contributed by atoms with E-state index in [2.05, 4.69) is 20.9 Å². The second-order valence-corrected chi connectivity index (χ2v) is 8.99. The van der Waals surface area contributed by atoms with E-state index in [-0.39, 0.29) is 11.3 Å². The Hall–Kier alpha value is -3.39. The van der Waals surface area contributed by atoms with Crippen molar-refractivity contribution < 1.29 is 19.4 Å². The van der Waals surface area contributed by atoms with Crippen molar-refractivity contribution in [2.75, 3.05) is 13.2 Å². The first-order valence-corrected chi connectivity index (χ1v) is 12.0. The molecule has 1 N–H and O–H groups in total. The van der Waals surface area contributed by atoms with E-state index in [1.807, 2.05) is 42.0 Å². The molecule has 0 aliphatic carbocycles. The van der Waals surface area contributed by atoms with Crippen molar-refractivity contribution in [3.05, 3.63) is 88.4 Å². The third kappa shape index (κ3) is 5.07. The number of Topliss-reactive ketones (excluding diaryl/α,β-unsaturated/α-hetero) is 1. The van der Waals surface area contributed by atoms with Crippen molar-refractivity contribution >= 4 is 33.4 Å². The van der Waals surface area contributed by atoms with Gasteiger partial charge in [0.05, 0.1) is 24.5 Å². The van der Waals surface area contributed by atoms with Crippen LogP contribution in [0.1, 0.15) is 36.9 Å². The van der Waals surface area contributed by atoms with Crippen LogP contribution >= 0.6 is 15.9 Å². The number of likely N-dealkylation sites (tertiary alicyclic amines) is 1. The minimum Gasteiger partial charge on any atom is -0.507 e. The van der Waals surface area contributed by atoms with Gasteiger partial charge in [0.1, 0.15) is 11.5 Å². The third-order valence-corrected chi connectivity index (χ3v) is 6.23. The number of imidazole rings is 1. The molecule has 0 radical (unpaired) electrons.